The van der Waals surface area contributed by atoms with Crippen LogP contribution in [0.3, 0.4) is 0 Å². The maximum Gasteiger partial charge on any atom is 0.154 e. The van der Waals surface area contributed by atoms with Gasteiger partial charge >= 0.3 is 0 Å². The Morgan fingerprint density at radius 2 is 2.40 bits per heavy atom. The number of hydrogen-bond donors (Lipinski definition) is 1. The van der Waals surface area contributed by atoms with Gasteiger partial charge < -0.3 is 5.73 Å². The molecule has 0 atom stereocenters. The summed E-state index contributed by atoms with van der Waals surface area (Å²) in [4.78, 5) is 14.1. The standard InChI is InChI=1S/C7H8N2O/c1-5-2-3-9-7(8)6(5)4-10/h2-4H,1H3,(H2,8,9). The Balaban J connectivity index is 3.30. The lowest BCUT2D eigenvalue weighted by Crippen LogP contribution is -1.97. The molecule has 0 spiro atoms. The van der Waals surface area contributed by atoms with Gasteiger partial charge in [0.25, 0.3) is 0 Å². The molecule has 0 unspecified atom stereocenters. The number of anilines is 1. The molecule has 0 radical (unpaired) electrons. The minimum absolute atomic E-state index is 0.301. The minimum atomic E-state index is 0.301. The van der Waals surface area contributed by atoms with Crippen molar-refractivity contribution in [3.8, 4) is 0 Å². The first-order valence-electron chi connectivity index (χ1n) is 2.92. The maximum atomic E-state index is 10.3. The Kier molecular flexibility index (Phi) is 1.67. The molecule has 0 amide bonds. The van der Waals surface area contributed by atoms with Gasteiger partial charge in [-0.15, -0.1) is 0 Å². The molecule has 0 aliphatic heterocycles. The van der Waals surface area contributed by atoms with E-state index in [1.54, 1.807) is 12.3 Å². The first-order chi connectivity index (χ1) is 4.75. The van der Waals surface area contributed by atoms with E-state index in [2.05, 4.69) is 4.98 Å². The smallest absolute Gasteiger partial charge is 0.154 e. The summed E-state index contributed by atoms with van der Waals surface area (Å²) in [6.07, 6.45) is 2.30. The summed E-state index contributed by atoms with van der Waals surface area (Å²) in [6, 6.07) is 1.75. The molecule has 0 aliphatic carbocycles. The Labute approximate surface area is 58.9 Å². The predicted molar refractivity (Wildman–Crippen MR) is 38.8 cm³/mol. The molecular weight excluding hydrogens is 128 g/mol. The molecule has 0 aromatic carbocycles. The molecular formula is C7H8N2O. The molecule has 3 nitrogen and oxygen atoms in total. The molecule has 1 heterocycles. The van der Waals surface area contributed by atoms with Gasteiger partial charge in [0.15, 0.2) is 6.29 Å². The average molecular weight is 136 g/mol. The molecule has 52 valence electrons. The van der Waals surface area contributed by atoms with Crippen LogP contribution in [0.4, 0.5) is 5.82 Å². The third-order valence-electron chi connectivity index (χ3n) is 1.36. The number of hydrogen-bond acceptors (Lipinski definition) is 3. The predicted octanol–water partition coefficient (Wildman–Crippen LogP) is 0.785. The number of aldehydes is 1. The molecule has 0 saturated heterocycles. The number of nitrogens with zero attached hydrogens (tertiary/aromatic N) is 1. The van der Waals surface area contributed by atoms with Gasteiger partial charge in [0.2, 0.25) is 0 Å². The normalized spacial score (nSPS) is 9.30. The first-order valence-corrected chi connectivity index (χ1v) is 2.92. The van der Waals surface area contributed by atoms with Crippen molar-refractivity contribution in [1.82, 2.24) is 4.98 Å². The number of carbonyl (C=O) groups excluding carboxylic acids is 1. The van der Waals surface area contributed by atoms with E-state index < -0.39 is 0 Å². The topological polar surface area (TPSA) is 56.0 Å². The van der Waals surface area contributed by atoms with Gasteiger partial charge in [0, 0.05) is 6.20 Å². The summed E-state index contributed by atoms with van der Waals surface area (Å²) >= 11 is 0. The number of nitrogen functional groups attached to an aromatic ring is 1. The molecule has 0 bridgehead atoms. The van der Waals surface area contributed by atoms with E-state index in [9.17, 15) is 4.79 Å². The number of rotatable bonds is 1. The second-order valence-electron chi connectivity index (χ2n) is 2.04. The Morgan fingerprint density at radius 1 is 1.70 bits per heavy atom. The van der Waals surface area contributed by atoms with Crippen molar-refractivity contribution in [2.24, 2.45) is 0 Å². The van der Waals surface area contributed by atoms with Crippen LogP contribution in [0, 0.1) is 6.92 Å². The van der Waals surface area contributed by atoms with E-state index in [0.29, 0.717) is 11.4 Å². The second kappa shape index (κ2) is 2.47. The highest BCUT2D eigenvalue weighted by molar-refractivity contribution is 5.83. The van der Waals surface area contributed by atoms with Crippen LogP contribution in [-0.4, -0.2) is 11.3 Å². The van der Waals surface area contributed by atoms with E-state index in [0.717, 1.165) is 11.8 Å². The van der Waals surface area contributed by atoms with Gasteiger partial charge in [-0.3, -0.25) is 4.79 Å². The summed E-state index contributed by atoms with van der Waals surface area (Å²) < 4.78 is 0. The lowest BCUT2D eigenvalue weighted by Gasteiger charge is -1.98. The average Bonchev–Trinajstić information content (AvgIpc) is 1.88. The van der Waals surface area contributed by atoms with Crippen LogP contribution in [-0.2, 0) is 0 Å². The van der Waals surface area contributed by atoms with Crippen molar-refractivity contribution in [2.75, 3.05) is 5.73 Å². The lowest BCUT2D eigenvalue weighted by atomic mass is 10.2. The van der Waals surface area contributed by atoms with Crippen molar-refractivity contribution in [1.29, 1.82) is 0 Å². The fourth-order valence-corrected chi connectivity index (χ4v) is 0.744. The van der Waals surface area contributed by atoms with Crippen LogP contribution in [0.25, 0.3) is 0 Å². The van der Waals surface area contributed by atoms with Gasteiger partial charge in [-0.05, 0) is 18.6 Å². The molecule has 0 aliphatic rings. The third-order valence-corrected chi connectivity index (χ3v) is 1.36. The summed E-state index contributed by atoms with van der Waals surface area (Å²) in [7, 11) is 0. The van der Waals surface area contributed by atoms with Crippen molar-refractivity contribution >= 4 is 12.1 Å². The van der Waals surface area contributed by atoms with Gasteiger partial charge in [-0.25, -0.2) is 4.98 Å². The fourth-order valence-electron chi connectivity index (χ4n) is 0.744. The highest BCUT2D eigenvalue weighted by Gasteiger charge is 1.99. The second-order valence-corrected chi connectivity index (χ2v) is 2.04. The van der Waals surface area contributed by atoms with Crippen molar-refractivity contribution < 1.29 is 4.79 Å². The van der Waals surface area contributed by atoms with E-state index in [1.165, 1.54) is 0 Å². The summed E-state index contributed by atoms with van der Waals surface area (Å²) in [5.74, 6) is 0.301. The largest absolute Gasteiger partial charge is 0.383 e. The third kappa shape index (κ3) is 0.978. The molecule has 2 N–H and O–H groups in total. The van der Waals surface area contributed by atoms with Crippen LogP contribution >= 0.6 is 0 Å². The van der Waals surface area contributed by atoms with E-state index in [1.807, 2.05) is 6.92 Å². The molecule has 3 heteroatoms. The zero-order chi connectivity index (χ0) is 7.56. The van der Waals surface area contributed by atoms with E-state index in [-0.39, 0.29) is 0 Å². The monoisotopic (exact) mass is 136 g/mol. The van der Waals surface area contributed by atoms with Crippen LogP contribution < -0.4 is 5.73 Å². The van der Waals surface area contributed by atoms with Crippen molar-refractivity contribution in [2.45, 2.75) is 6.92 Å². The number of aromatic nitrogens is 1. The van der Waals surface area contributed by atoms with Gasteiger partial charge in [0.05, 0.1) is 5.56 Å². The molecule has 0 fully saturated rings. The van der Waals surface area contributed by atoms with Crippen LogP contribution in [0.15, 0.2) is 12.3 Å². The number of carbonyl (C=O) groups is 1. The maximum absolute atomic E-state index is 10.3. The summed E-state index contributed by atoms with van der Waals surface area (Å²) in [5.41, 5.74) is 6.74. The van der Waals surface area contributed by atoms with Crippen LogP contribution in [0.5, 0.6) is 0 Å². The Hall–Kier alpha value is -1.38. The quantitative estimate of drug-likeness (QED) is 0.580. The summed E-state index contributed by atoms with van der Waals surface area (Å²) in [6.45, 7) is 1.82. The molecule has 1 aromatic heterocycles. The highest BCUT2D eigenvalue weighted by Crippen LogP contribution is 2.09. The zero-order valence-electron chi connectivity index (χ0n) is 5.66. The van der Waals surface area contributed by atoms with Gasteiger partial charge in [0.1, 0.15) is 5.82 Å². The lowest BCUT2D eigenvalue weighted by molar-refractivity contribution is 0.112. The van der Waals surface area contributed by atoms with E-state index in [4.69, 9.17) is 5.73 Å². The van der Waals surface area contributed by atoms with E-state index >= 15 is 0 Å². The number of aryl methyl sites for hydroxylation is 1. The van der Waals surface area contributed by atoms with Gasteiger partial charge in [-0.2, -0.15) is 0 Å². The van der Waals surface area contributed by atoms with Gasteiger partial charge in [-0.1, -0.05) is 0 Å². The number of nitrogens with two attached hydrogens (primary N) is 1. The minimum Gasteiger partial charge on any atom is -0.383 e. The highest BCUT2D eigenvalue weighted by atomic mass is 16.1. The Bertz CT molecular complexity index is 238. The summed E-state index contributed by atoms with van der Waals surface area (Å²) in [5, 5.41) is 0. The first kappa shape index (κ1) is 6.74. The van der Waals surface area contributed by atoms with Crippen molar-refractivity contribution in [3.05, 3.63) is 23.4 Å². The SMILES string of the molecule is Cc1ccnc(N)c1C=O. The van der Waals surface area contributed by atoms with Crippen molar-refractivity contribution in [3.63, 3.8) is 0 Å². The number of pyridine rings is 1. The molecule has 1 aromatic rings. The zero-order valence-corrected chi connectivity index (χ0v) is 5.66. The molecule has 0 saturated carbocycles. The fraction of sp³-hybridized carbons (Fsp3) is 0.143. The molecule has 1 rings (SSSR count). The van der Waals surface area contributed by atoms with Crippen LogP contribution in [0.2, 0.25) is 0 Å². The van der Waals surface area contributed by atoms with Crippen LogP contribution in [0.1, 0.15) is 15.9 Å². The Morgan fingerprint density at radius 3 is 2.80 bits per heavy atom. The molecule has 10 heavy (non-hydrogen) atoms.